The highest BCUT2D eigenvalue weighted by molar-refractivity contribution is 6.06. The van der Waals surface area contributed by atoms with Gasteiger partial charge in [0, 0.05) is 18.0 Å². The molecule has 1 fully saturated rings. The summed E-state index contributed by atoms with van der Waals surface area (Å²) in [4.78, 5) is 37.0. The van der Waals surface area contributed by atoms with Crippen molar-refractivity contribution in [3.63, 3.8) is 0 Å². The lowest BCUT2D eigenvalue weighted by Crippen LogP contribution is -2.35. The Labute approximate surface area is 90.0 Å². The maximum absolute atomic E-state index is 11.7. The molecule has 1 unspecified atom stereocenters. The first-order valence-corrected chi connectivity index (χ1v) is 4.56. The first-order chi connectivity index (χ1) is 7.59. The van der Waals surface area contributed by atoms with Crippen LogP contribution in [0.2, 0.25) is 0 Å². The zero-order chi connectivity index (χ0) is 11.7. The lowest BCUT2D eigenvalue weighted by Gasteiger charge is -2.08. The van der Waals surface area contributed by atoms with Crippen LogP contribution in [-0.2, 0) is 9.59 Å². The van der Waals surface area contributed by atoms with E-state index in [4.69, 9.17) is 5.11 Å². The lowest BCUT2D eigenvalue weighted by atomic mass is 10.1. The third kappa shape index (κ3) is 1.62. The van der Waals surface area contributed by atoms with Gasteiger partial charge < -0.3 is 15.4 Å². The van der Waals surface area contributed by atoms with Crippen LogP contribution in [0, 0.1) is 0 Å². The fourth-order valence-corrected chi connectivity index (χ4v) is 1.55. The normalized spacial score (nSPS) is 20.0. The molecule has 7 heteroatoms. The molecule has 16 heavy (non-hydrogen) atoms. The minimum atomic E-state index is -1.22. The van der Waals surface area contributed by atoms with E-state index in [0.717, 1.165) is 0 Å². The molecule has 0 spiro atoms. The Morgan fingerprint density at radius 2 is 2.25 bits per heavy atom. The van der Waals surface area contributed by atoms with Gasteiger partial charge in [0.25, 0.3) is 5.91 Å². The molecule has 2 heterocycles. The Morgan fingerprint density at radius 3 is 2.81 bits per heavy atom. The molecule has 84 valence electrons. The molecular formula is C9H9N3O4. The van der Waals surface area contributed by atoms with Gasteiger partial charge >= 0.3 is 12.0 Å². The molecule has 1 aliphatic rings. The summed E-state index contributed by atoms with van der Waals surface area (Å²) in [7, 11) is 0. The molecule has 0 radical (unpaired) electrons. The standard InChI is InChI=1S/C9H9N3O4/c13-6(14)4-12-8(15)7(11-9(12)16)5-1-2-10-3-5/h1-3,7,10H,4H2,(H,11,16)(H,13,14). The van der Waals surface area contributed by atoms with Gasteiger partial charge in [-0.15, -0.1) is 0 Å². The average molecular weight is 223 g/mol. The maximum atomic E-state index is 11.7. The molecule has 1 aliphatic heterocycles. The van der Waals surface area contributed by atoms with Crippen molar-refractivity contribution in [3.8, 4) is 0 Å². The largest absolute Gasteiger partial charge is 0.480 e. The van der Waals surface area contributed by atoms with Crippen LogP contribution in [0.25, 0.3) is 0 Å². The fourth-order valence-electron chi connectivity index (χ4n) is 1.55. The van der Waals surface area contributed by atoms with Gasteiger partial charge in [-0.2, -0.15) is 0 Å². The predicted octanol–water partition coefficient (Wildman–Crippen LogP) is -0.308. The van der Waals surface area contributed by atoms with E-state index in [1.165, 1.54) is 0 Å². The Hall–Kier alpha value is -2.31. The fraction of sp³-hybridized carbons (Fsp3) is 0.222. The molecule has 7 nitrogen and oxygen atoms in total. The number of aliphatic carboxylic acids is 1. The van der Waals surface area contributed by atoms with Crippen LogP contribution in [0.3, 0.4) is 0 Å². The van der Waals surface area contributed by atoms with Crippen LogP contribution < -0.4 is 5.32 Å². The van der Waals surface area contributed by atoms with E-state index in [2.05, 4.69) is 10.3 Å². The first-order valence-electron chi connectivity index (χ1n) is 4.56. The molecule has 0 bridgehead atoms. The van der Waals surface area contributed by atoms with Gasteiger partial charge in [0.05, 0.1) is 0 Å². The van der Waals surface area contributed by atoms with E-state index in [1.54, 1.807) is 18.5 Å². The summed E-state index contributed by atoms with van der Waals surface area (Å²) >= 11 is 0. The van der Waals surface area contributed by atoms with Crippen LogP contribution in [0.5, 0.6) is 0 Å². The van der Waals surface area contributed by atoms with Crippen LogP contribution in [0.1, 0.15) is 11.6 Å². The number of hydrogen-bond donors (Lipinski definition) is 3. The number of carbonyl (C=O) groups is 3. The monoisotopic (exact) mass is 223 g/mol. The first kappa shape index (κ1) is 10.2. The molecular weight excluding hydrogens is 214 g/mol. The Balaban J connectivity index is 2.19. The second kappa shape index (κ2) is 3.69. The predicted molar refractivity (Wildman–Crippen MR) is 51.4 cm³/mol. The zero-order valence-electron chi connectivity index (χ0n) is 8.14. The van der Waals surface area contributed by atoms with Gasteiger partial charge in [-0.3, -0.25) is 14.5 Å². The number of urea groups is 1. The van der Waals surface area contributed by atoms with Crippen molar-refractivity contribution < 1.29 is 19.5 Å². The Bertz CT molecular complexity index is 440. The molecule has 0 aliphatic carbocycles. The molecule has 1 aromatic heterocycles. The number of aromatic amines is 1. The minimum absolute atomic E-state index is 0.549. The molecule has 0 aromatic carbocycles. The number of carboxylic acids is 1. The van der Waals surface area contributed by atoms with E-state index in [9.17, 15) is 14.4 Å². The number of aromatic nitrogens is 1. The highest BCUT2D eigenvalue weighted by atomic mass is 16.4. The van der Waals surface area contributed by atoms with Crippen molar-refractivity contribution in [2.75, 3.05) is 6.54 Å². The van der Waals surface area contributed by atoms with Crippen molar-refractivity contribution in [2.45, 2.75) is 6.04 Å². The summed E-state index contributed by atoms with van der Waals surface area (Å²) in [5.74, 6) is -1.77. The van der Waals surface area contributed by atoms with Crippen LogP contribution in [-0.4, -0.2) is 39.4 Å². The second-order valence-electron chi connectivity index (χ2n) is 3.34. The molecule has 3 N–H and O–H groups in total. The van der Waals surface area contributed by atoms with Crippen LogP contribution >= 0.6 is 0 Å². The smallest absolute Gasteiger partial charge is 0.325 e. The van der Waals surface area contributed by atoms with Gasteiger partial charge in [0.1, 0.15) is 12.6 Å². The van der Waals surface area contributed by atoms with Gasteiger partial charge in [-0.05, 0) is 6.07 Å². The van der Waals surface area contributed by atoms with Crippen molar-refractivity contribution in [2.24, 2.45) is 0 Å². The molecule has 2 rings (SSSR count). The Morgan fingerprint density at radius 1 is 1.50 bits per heavy atom. The van der Waals surface area contributed by atoms with Crippen molar-refractivity contribution in [1.82, 2.24) is 15.2 Å². The summed E-state index contributed by atoms with van der Waals surface area (Å²) in [6.45, 7) is -0.619. The molecule has 0 saturated carbocycles. The molecule has 1 saturated heterocycles. The third-order valence-corrected chi connectivity index (χ3v) is 2.27. The minimum Gasteiger partial charge on any atom is -0.480 e. The van der Waals surface area contributed by atoms with E-state index in [1.807, 2.05) is 0 Å². The van der Waals surface area contributed by atoms with Crippen LogP contribution in [0.15, 0.2) is 18.5 Å². The molecule has 1 aromatic rings. The number of carboxylic acid groups (broad SMARTS) is 1. The second-order valence-corrected chi connectivity index (χ2v) is 3.34. The summed E-state index contributed by atoms with van der Waals surface area (Å²) < 4.78 is 0. The molecule has 3 amide bonds. The lowest BCUT2D eigenvalue weighted by molar-refractivity contribution is -0.141. The van der Waals surface area contributed by atoms with E-state index < -0.39 is 30.5 Å². The summed E-state index contributed by atoms with van der Waals surface area (Å²) in [6, 6.07) is 0.171. The average Bonchev–Trinajstić information content (AvgIpc) is 2.80. The van der Waals surface area contributed by atoms with Gasteiger partial charge in [-0.1, -0.05) is 0 Å². The molecule has 1 atom stereocenters. The summed E-state index contributed by atoms with van der Waals surface area (Å²) in [6.07, 6.45) is 3.20. The third-order valence-electron chi connectivity index (χ3n) is 2.27. The number of nitrogens with one attached hydrogen (secondary N) is 2. The summed E-state index contributed by atoms with van der Waals surface area (Å²) in [5.41, 5.74) is 0.603. The number of nitrogens with zero attached hydrogens (tertiary/aromatic N) is 1. The van der Waals surface area contributed by atoms with Gasteiger partial charge in [0.2, 0.25) is 0 Å². The number of amides is 3. The highest BCUT2D eigenvalue weighted by Crippen LogP contribution is 2.20. The summed E-state index contributed by atoms with van der Waals surface area (Å²) in [5, 5.41) is 11.0. The van der Waals surface area contributed by atoms with Crippen molar-refractivity contribution in [1.29, 1.82) is 0 Å². The number of H-pyrrole nitrogens is 1. The maximum Gasteiger partial charge on any atom is 0.325 e. The topological polar surface area (TPSA) is 102 Å². The van der Waals surface area contributed by atoms with Crippen molar-refractivity contribution >= 4 is 17.9 Å². The van der Waals surface area contributed by atoms with E-state index in [0.29, 0.717) is 10.5 Å². The van der Waals surface area contributed by atoms with Gasteiger partial charge in [0.15, 0.2) is 0 Å². The van der Waals surface area contributed by atoms with Crippen LogP contribution in [0.4, 0.5) is 4.79 Å². The van der Waals surface area contributed by atoms with E-state index in [-0.39, 0.29) is 0 Å². The number of hydrogen-bond acceptors (Lipinski definition) is 3. The Kier molecular flexibility index (Phi) is 2.35. The zero-order valence-corrected chi connectivity index (χ0v) is 8.14. The highest BCUT2D eigenvalue weighted by Gasteiger charge is 2.39. The number of rotatable bonds is 3. The van der Waals surface area contributed by atoms with Crippen molar-refractivity contribution in [3.05, 3.63) is 24.0 Å². The quantitative estimate of drug-likeness (QED) is 0.611. The van der Waals surface area contributed by atoms with Gasteiger partial charge in [-0.25, -0.2) is 4.79 Å². The SMILES string of the molecule is O=C(O)CN1C(=O)NC(c2cc[nH]c2)C1=O. The number of carbonyl (C=O) groups excluding carboxylic acids is 2. The van der Waals surface area contributed by atoms with E-state index >= 15 is 0 Å². The number of imide groups is 1.